The zero-order chi connectivity index (χ0) is 11.6. The molecule has 88 valence electrons. The Kier molecular flexibility index (Phi) is 3.80. The van der Waals surface area contributed by atoms with Crippen LogP contribution >= 0.6 is 0 Å². The van der Waals surface area contributed by atoms with Gasteiger partial charge in [-0.05, 0) is 11.3 Å². The predicted molar refractivity (Wildman–Crippen MR) is 65.2 cm³/mol. The summed E-state index contributed by atoms with van der Waals surface area (Å²) in [6.07, 6.45) is 1.18. The van der Waals surface area contributed by atoms with Crippen molar-refractivity contribution in [2.75, 3.05) is 6.61 Å². The van der Waals surface area contributed by atoms with E-state index in [1.165, 1.54) is 6.42 Å². The van der Waals surface area contributed by atoms with Crippen molar-refractivity contribution in [1.82, 2.24) is 0 Å². The minimum absolute atomic E-state index is 0.219. The standard InChI is InChI=1S/C13H25NO/c1-7-9(2)10(3)12-14-11(8-15-12)13(4,5)6/h9-11H,7-8H2,1-6H3/t9-,10-,11+/m0/s1. The number of aliphatic imine (C=N–C) groups is 1. The van der Waals surface area contributed by atoms with Crippen LogP contribution in [0.5, 0.6) is 0 Å². The summed E-state index contributed by atoms with van der Waals surface area (Å²) in [6, 6.07) is 0.332. The zero-order valence-corrected chi connectivity index (χ0v) is 11.0. The van der Waals surface area contributed by atoms with Gasteiger partial charge in [0.25, 0.3) is 0 Å². The minimum Gasteiger partial charge on any atom is -0.478 e. The van der Waals surface area contributed by atoms with E-state index in [4.69, 9.17) is 9.73 Å². The van der Waals surface area contributed by atoms with Crippen LogP contribution in [-0.4, -0.2) is 18.5 Å². The lowest BCUT2D eigenvalue weighted by molar-refractivity contribution is 0.225. The first-order chi connectivity index (χ1) is 6.86. The Morgan fingerprint density at radius 1 is 1.40 bits per heavy atom. The summed E-state index contributed by atoms with van der Waals surface area (Å²) >= 11 is 0. The van der Waals surface area contributed by atoms with E-state index in [0.717, 1.165) is 12.5 Å². The van der Waals surface area contributed by atoms with Gasteiger partial charge in [0.2, 0.25) is 0 Å². The fraction of sp³-hybridized carbons (Fsp3) is 0.923. The Bertz CT molecular complexity index is 239. The first-order valence-corrected chi connectivity index (χ1v) is 6.06. The first kappa shape index (κ1) is 12.5. The molecule has 3 atom stereocenters. The van der Waals surface area contributed by atoms with Crippen molar-refractivity contribution in [2.45, 2.75) is 54.0 Å². The van der Waals surface area contributed by atoms with Crippen LogP contribution in [0.3, 0.4) is 0 Å². The molecule has 0 aliphatic carbocycles. The zero-order valence-electron chi connectivity index (χ0n) is 11.0. The SMILES string of the molecule is CC[C@H](C)[C@H](C)C1=N[C@@H](C(C)(C)C)CO1. The van der Waals surface area contributed by atoms with E-state index < -0.39 is 0 Å². The number of hydrogen-bond acceptors (Lipinski definition) is 2. The molecule has 0 spiro atoms. The molecule has 0 fully saturated rings. The molecule has 0 amide bonds. The summed E-state index contributed by atoms with van der Waals surface area (Å²) in [4.78, 5) is 4.72. The van der Waals surface area contributed by atoms with Crippen LogP contribution < -0.4 is 0 Å². The number of hydrogen-bond donors (Lipinski definition) is 0. The fourth-order valence-electron chi connectivity index (χ4n) is 1.68. The molecule has 0 bridgehead atoms. The van der Waals surface area contributed by atoms with Crippen molar-refractivity contribution in [1.29, 1.82) is 0 Å². The van der Waals surface area contributed by atoms with Crippen molar-refractivity contribution < 1.29 is 4.74 Å². The van der Waals surface area contributed by atoms with E-state index >= 15 is 0 Å². The van der Waals surface area contributed by atoms with Crippen molar-refractivity contribution in [2.24, 2.45) is 22.2 Å². The number of nitrogens with zero attached hydrogens (tertiary/aromatic N) is 1. The Labute approximate surface area is 94.1 Å². The second-order valence-corrected chi connectivity index (χ2v) is 5.83. The molecule has 2 heteroatoms. The van der Waals surface area contributed by atoms with Crippen molar-refractivity contribution in [3.05, 3.63) is 0 Å². The summed E-state index contributed by atoms with van der Waals surface area (Å²) in [6.45, 7) is 14.1. The van der Waals surface area contributed by atoms with Crippen LogP contribution in [-0.2, 0) is 4.74 Å². The lowest BCUT2D eigenvalue weighted by atomic mass is 9.88. The van der Waals surface area contributed by atoms with Gasteiger partial charge in [0, 0.05) is 5.92 Å². The highest BCUT2D eigenvalue weighted by atomic mass is 16.5. The van der Waals surface area contributed by atoms with Crippen LogP contribution in [0.1, 0.15) is 48.0 Å². The highest BCUT2D eigenvalue weighted by Crippen LogP contribution is 2.29. The van der Waals surface area contributed by atoms with Gasteiger partial charge in [-0.2, -0.15) is 0 Å². The second kappa shape index (κ2) is 4.54. The second-order valence-electron chi connectivity index (χ2n) is 5.83. The molecule has 15 heavy (non-hydrogen) atoms. The van der Waals surface area contributed by atoms with E-state index in [2.05, 4.69) is 41.5 Å². The van der Waals surface area contributed by atoms with Gasteiger partial charge in [0.05, 0.1) is 6.04 Å². The highest BCUT2D eigenvalue weighted by molar-refractivity contribution is 5.80. The molecule has 0 saturated heterocycles. The van der Waals surface area contributed by atoms with E-state index in [1.807, 2.05) is 0 Å². The van der Waals surface area contributed by atoms with Gasteiger partial charge in [0.15, 0.2) is 5.90 Å². The Morgan fingerprint density at radius 2 is 2.00 bits per heavy atom. The summed E-state index contributed by atoms with van der Waals surface area (Å²) in [5.41, 5.74) is 0.219. The summed E-state index contributed by atoms with van der Waals surface area (Å²) in [5.74, 6) is 2.09. The van der Waals surface area contributed by atoms with Gasteiger partial charge in [-0.3, -0.25) is 0 Å². The van der Waals surface area contributed by atoms with Crippen LogP contribution in [0.15, 0.2) is 4.99 Å². The smallest absolute Gasteiger partial charge is 0.186 e. The van der Waals surface area contributed by atoms with Gasteiger partial charge in [-0.25, -0.2) is 4.99 Å². The van der Waals surface area contributed by atoms with Crippen LogP contribution in [0.4, 0.5) is 0 Å². The normalized spacial score (nSPS) is 25.7. The Balaban J connectivity index is 2.66. The third-order valence-electron chi connectivity index (χ3n) is 3.56. The molecular formula is C13H25NO. The summed E-state index contributed by atoms with van der Waals surface area (Å²) in [5, 5.41) is 0. The Hall–Kier alpha value is -0.530. The maximum Gasteiger partial charge on any atom is 0.186 e. The lowest BCUT2D eigenvalue weighted by Crippen LogP contribution is -2.25. The first-order valence-electron chi connectivity index (χ1n) is 6.06. The van der Waals surface area contributed by atoms with Gasteiger partial charge in [-0.1, -0.05) is 48.0 Å². The van der Waals surface area contributed by atoms with Gasteiger partial charge in [-0.15, -0.1) is 0 Å². The molecule has 0 unspecified atom stereocenters. The Morgan fingerprint density at radius 3 is 2.40 bits per heavy atom. The van der Waals surface area contributed by atoms with Gasteiger partial charge in [0.1, 0.15) is 6.61 Å². The molecule has 0 radical (unpaired) electrons. The topological polar surface area (TPSA) is 21.6 Å². The van der Waals surface area contributed by atoms with Crippen molar-refractivity contribution in [3.63, 3.8) is 0 Å². The monoisotopic (exact) mass is 211 g/mol. The van der Waals surface area contributed by atoms with E-state index in [9.17, 15) is 0 Å². The van der Waals surface area contributed by atoms with Crippen molar-refractivity contribution >= 4 is 5.90 Å². The summed E-state index contributed by atoms with van der Waals surface area (Å²) < 4.78 is 5.73. The van der Waals surface area contributed by atoms with E-state index in [0.29, 0.717) is 17.9 Å². The predicted octanol–water partition coefficient (Wildman–Crippen LogP) is 3.51. The summed E-state index contributed by atoms with van der Waals surface area (Å²) in [7, 11) is 0. The highest BCUT2D eigenvalue weighted by Gasteiger charge is 2.32. The molecule has 1 aliphatic rings. The third-order valence-corrected chi connectivity index (χ3v) is 3.56. The molecule has 1 aliphatic heterocycles. The maximum atomic E-state index is 5.73. The molecule has 0 aromatic carbocycles. The quantitative estimate of drug-likeness (QED) is 0.700. The molecule has 0 saturated carbocycles. The molecule has 0 N–H and O–H groups in total. The molecule has 2 nitrogen and oxygen atoms in total. The molecule has 0 aromatic rings. The van der Waals surface area contributed by atoms with Gasteiger partial charge < -0.3 is 4.74 Å². The molecule has 0 aromatic heterocycles. The largest absolute Gasteiger partial charge is 0.478 e. The van der Waals surface area contributed by atoms with Crippen LogP contribution in [0.25, 0.3) is 0 Å². The molecule has 1 heterocycles. The van der Waals surface area contributed by atoms with Crippen molar-refractivity contribution in [3.8, 4) is 0 Å². The lowest BCUT2D eigenvalue weighted by Gasteiger charge is -2.22. The van der Waals surface area contributed by atoms with Gasteiger partial charge >= 0.3 is 0 Å². The van der Waals surface area contributed by atoms with E-state index in [-0.39, 0.29) is 5.41 Å². The average Bonchev–Trinajstić information content (AvgIpc) is 2.63. The fourth-order valence-corrected chi connectivity index (χ4v) is 1.68. The average molecular weight is 211 g/mol. The third kappa shape index (κ3) is 2.96. The number of ether oxygens (including phenoxy) is 1. The molecular weight excluding hydrogens is 186 g/mol. The van der Waals surface area contributed by atoms with Crippen LogP contribution in [0.2, 0.25) is 0 Å². The molecule has 1 rings (SSSR count). The van der Waals surface area contributed by atoms with Crippen LogP contribution in [0, 0.1) is 17.3 Å². The maximum absolute atomic E-state index is 5.73. The minimum atomic E-state index is 0.219. The van der Waals surface area contributed by atoms with E-state index in [1.54, 1.807) is 0 Å². The number of rotatable bonds is 3.